The van der Waals surface area contributed by atoms with E-state index >= 15 is 0 Å². The van der Waals surface area contributed by atoms with Gasteiger partial charge in [0.05, 0.1) is 11.8 Å². The number of aromatic nitrogens is 3. The van der Waals surface area contributed by atoms with Gasteiger partial charge in [0.2, 0.25) is 0 Å². The largest absolute Gasteiger partial charge is 0.382 e. The second kappa shape index (κ2) is 6.76. The summed E-state index contributed by atoms with van der Waals surface area (Å²) < 4.78 is 28.6. The van der Waals surface area contributed by atoms with Gasteiger partial charge in [0.1, 0.15) is 17.2 Å². The zero-order valence-corrected chi connectivity index (χ0v) is 14.3. The fourth-order valence-electron chi connectivity index (χ4n) is 2.63. The first-order chi connectivity index (χ1) is 11.5. The molecule has 0 saturated heterocycles. The van der Waals surface area contributed by atoms with E-state index in [-0.39, 0.29) is 0 Å². The molecule has 2 aromatic heterocycles. The molecule has 2 heterocycles. The summed E-state index contributed by atoms with van der Waals surface area (Å²) in [5.74, 6) is 0.0904. The number of anilines is 1. The van der Waals surface area contributed by atoms with Gasteiger partial charge in [-0.25, -0.2) is 18.7 Å². The van der Waals surface area contributed by atoms with Crippen LogP contribution in [-0.2, 0) is 6.54 Å². The van der Waals surface area contributed by atoms with Crippen LogP contribution < -0.4 is 5.73 Å². The molecule has 0 saturated carbocycles. The molecule has 24 heavy (non-hydrogen) atoms. The zero-order valence-electron chi connectivity index (χ0n) is 13.5. The van der Waals surface area contributed by atoms with Gasteiger partial charge in [-0.15, -0.1) is 11.8 Å². The Hall–Kier alpha value is -2.15. The predicted octanol–water partition coefficient (Wildman–Crippen LogP) is 4.09. The summed E-state index contributed by atoms with van der Waals surface area (Å²) in [6, 6.07) is 3.66. The quantitative estimate of drug-likeness (QED) is 0.557. The summed E-state index contributed by atoms with van der Waals surface area (Å²) in [6.45, 7) is 4.68. The summed E-state index contributed by atoms with van der Waals surface area (Å²) in [4.78, 5) is 9.11. The number of nitrogens with two attached hydrogens (primary N) is 1. The van der Waals surface area contributed by atoms with Crippen molar-refractivity contribution in [2.75, 3.05) is 11.5 Å². The van der Waals surface area contributed by atoms with E-state index in [9.17, 15) is 8.78 Å². The molecular formula is C17H18F2N4S. The second-order valence-corrected chi connectivity index (χ2v) is 6.76. The van der Waals surface area contributed by atoms with Crippen LogP contribution >= 0.6 is 11.8 Å². The van der Waals surface area contributed by atoms with Crippen molar-refractivity contribution in [3.63, 3.8) is 0 Å². The fraction of sp³-hybridized carbons (Fsp3) is 0.294. The minimum Gasteiger partial charge on any atom is -0.382 e. The molecule has 126 valence electrons. The molecule has 0 spiro atoms. The maximum atomic E-state index is 13.6. The number of hydrogen-bond donors (Lipinski definition) is 1. The zero-order chi connectivity index (χ0) is 17.3. The number of nitrogen functional groups attached to an aromatic ring is 1. The van der Waals surface area contributed by atoms with Gasteiger partial charge in [0, 0.05) is 23.2 Å². The summed E-state index contributed by atoms with van der Waals surface area (Å²) in [5, 5.41) is 0. The van der Waals surface area contributed by atoms with Crippen molar-refractivity contribution in [3.8, 4) is 0 Å². The minimum atomic E-state index is -0.557. The van der Waals surface area contributed by atoms with Crippen LogP contribution in [0.25, 0.3) is 11.0 Å². The molecule has 0 unspecified atom stereocenters. The van der Waals surface area contributed by atoms with Gasteiger partial charge >= 0.3 is 0 Å². The third-order valence-electron chi connectivity index (χ3n) is 3.96. The van der Waals surface area contributed by atoms with Crippen LogP contribution in [0.15, 0.2) is 29.4 Å². The van der Waals surface area contributed by atoms with Crippen LogP contribution in [0.1, 0.15) is 17.7 Å². The molecule has 0 aliphatic heterocycles. The van der Waals surface area contributed by atoms with Gasteiger partial charge in [-0.05, 0) is 43.7 Å². The van der Waals surface area contributed by atoms with Gasteiger partial charge in [0.15, 0.2) is 5.82 Å². The summed E-state index contributed by atoms with van der Waals surface area (Å²) in [7, 11) is 0. The molecule has 0 atom stereocenters. The van der Waals surface area contributed by atoms with E-state index in [0.717, 1.165) is 47.1 Å². The van der Waals surface area contributed by atoms with Gasteiger partial charge in [-0.2, -0.15) is 0 Å². The number of hydrogen-bond acceptors (Lipinski definition) is 4. The van der Waals surface area contributed by atoms with E-state index in [4.69, 9.17) is 5.73 Å². The topological polar surface area (TPSA) is 56.7 Å². The third-order valence-corrected chi connectivity index (χ3v) is 5.10. The van der Waals surface area contributed by atoms with Gasteiger partial charge in [-0.3, -0.25) is 0 Å². The van der Waals surface area contributed by atoms with Crippen molar-refractivity contribution < 1.29 is 8.78 Å². The monoisotopic (exact) mass is 348 g/mol. The summed E-state index contributed by atoms with van der Waals surface area (Å²) in [5.41, 5.74) is 9.61. The van der Waals surface area contributed by atoms with Crippen LogP contribution in [0.5, 0.6) is 0 Å². The SMILES string of the molecule is Cc1nc(N)c2ncn(CCCSc3ccc(F)cc3F)c2c1C. The van der Waals surface area contributed by atoms with Gasteiger partial charge < -0.3 is 10.3 Å². The first kappa shape index (κ1) is 16.7. The average molecular weight is 348 g/mol. The first-order valence-electron chi connectivity index (χ1n) is 7.62. The lowest BCUT2D eigenvalue weighted by Crippen LogP contribution is -2.02. The Morgan fingerprint density at radius 1 is 1.25 bits per heavy atom. The Labute approximate surface area is 143 Å². The Balaban J connectivity index is 1.68. The number of rotatable bonds is 5. The maximum Gasteiger partial charge on any atom is 0.151 e. The van der Waals surface area contributed by atoms with Crippen molar-refractivity contribution in [1.82, 2.24) is 14.5 Å². The van der Waals surface area contributed by atoms with Crippen LogP contribution in [0.2, 0.25) is 0 Å². The van der Waals surface area contributed by atoms with E-state index in [1.54, 1.807) is 6.33 Å². The minimum absolute atomic E-state index is 0.439. The highest BCUT2D eigenvalue weighted by Gasteiger charge is 2.12. The highest BCUT2D eigenvalue weighted by atomic mass is 32.2. The number of fused-ring (bicyclic) bond motifs is 1. The lowest BCUT2D eigenvalue weighted by molar-refractivity contribution is 0.565. The molecule has 0 amide bonds. The van der Waals surface area contributed by atoms with E-state index < -0.39 is 11.6 Å². The fourth-order valence-corrected chi connectivity index (χ4v) is 3.48. The van der Waals surface area contributed by atoms with Crippen molar-refractivity contribution >= 4 is 28.6 Å². The number of nitrogens with zero attached hydrogens (tertiary/aromatic N) is 3. The first-order valence-corrected chi connectivity index (χ1v) is 8.61. The Morgan fingerprint density at radius 3 is 2.79 bits per heavy atom. The standard InChI is InChI=1S/C17H18F2N4S/c1-10-11(2)22-17(20)15-16(10)23(9-21-15)6-3-7-24-14-5-4-12(18)8-13(14)19/h4-5,8-9H,3,6-7H2,1-2H3,(H2,20,22). The Morgan fingerprint density at radius 2 is 2.04 bits per heavy atom. The molecular weight excluding hydrogens is 330 g/mol. The maximum absolute atomic E-state index is 13.6. The van der Waals surface area contributed by atoms with Crippen LogP contribution in [-0.4, -0.2) is 20.3 Å². The average Bonchev–Trinajstić information content (AvgIpc) is 2.95. The predicted molar refractivity (Wildman–Crippen MR) is 93.1 cm³/mol. The van der Waals surface area contributed by atoms with E-state index in [2.05, 4.69) is 14.5 Å². The molecule has 0 radical (unpaired) electrons. The summed E-state index contributed by atoms with van der Waals surface area (Å²) in [6.07, 6.45) is 2.59. The molecule has 0 fully saturated rings. The van der Waals surface area contributed by atoms with Crippen molar-refractivity contribution in [3.05, 3.63) is 47.4 Å². The van der Waals surface area contributed by atoms with E-state index in [1.807, 2.05) is 13.8 Å². The Kier molecular flexibility index (Phi) is 4.71. The number of imidazole rings is 1. The lowest BCUT2D eigenvalue weighted by Gasteiger charge is -2.09. The van der Waals surface area contributed by atoms with Gasteiger partial charge in [-0.1, -0.05) is 0 Å². The second-order valence-electron chi connectivity index (χ2n) is 5.62. The highest BCUT2D eigenvalue weighted by molar-refractivity contribution is 7.99. The normalized spacial score (nSPS) is 11.3. The molecule has 1 aromatic carbocycles. The third kappa shape index (κ3) is 3.21. The van der Waals surface area contributed by atoms with E-state index in [1.165, 1.54) is 23.9 Å². The van der Waals surface area contributed by atoms with Crippen molar-refractivity contribution in [1.29, 1.82) is 0 Å². The summed E-state index contributed by atoms with van der Waals surface area (Å²) >= 11 is 1.38. The molecule has 0 bridgehead atoms. The number of benzene rings is 1. The number of thioether (sulfide) groups is 1. The van der Waals surface area contributed by atoms with Gasteiger partial charge in [0.25, 0.3) is 0 Å². The van der Waals surface area contributed by atoms with Crippen molar-refractivity contribution in [2.24, 2.45) is 0 Å². The number of pyridine rings is 1. The smallest absolute Gasteiger partial charge is 0.151 e. The number of halogens is 2. The van der Waals surface area contributed by atoms with E-state index in [0.29, 0.717) is 10.7 Å². The molecule has 7 heteroatoms. The van der Waals surface area contributed by atoms with Crippen LogP contribution in [0.4, 0.5) is 14.6 Å². The molecule has 3 rings (SSSR count). The number of aryl methyl sites for hydroxylation is 3. The molecule has 0 aliphatic carbocycles. The highest BCUT2D eigenvalue weighted by Crippen LogP contribution is 2.26. The molecule has 0 aliphatic rings. The van der Waals surface area contributed by atoms with Crippen LogP contribution in [0, 0.1) is 25.5 Å². The molecule has 3 aromatic rings. The lowest BCUT2D eigenvalue weighted by atomic mass is 10.2. The Bertz CT molecular complexity index is 892. The van der Waals surface area contributed by atoms with Crippen molar-refractivity contribution in [2.45, 2.75) is 31.7 Å². The molecule has 2 N–H and O–H groups in total. The molecule has 4 nitrogen and oxygen atoms in total. The van der Waals surface area contributed by atoms with Crippen LogP contribution in [0.3, 0.4) is 0 Å².